The van der Waals surface area contributed by atoms with Crippen molar-refractivity contribution in [2.75, 3.05) is 13.1 Å². The molecule has 1 fully saturated rings. The minimum Gasteiger partial charge on any atom is -0.342 e. The van der Waals surface area contributed by atoms with E-state index in [1.54, 1.807) is 0 Å². The summed E-state index contributed by atoms with van der Waals surface area (Å²) in [5.74, 6) is -1.24. The van der Waals surface area contributed by atoms with E-state index in [-0.39, 0.29) is 24.8 Å². The molecule has 0 saturated carbocycles. The van der Waals surface area contributed by atoms with E-state index in [1.807, 2.05) is 12.2 Å². The average molecular weight is 261 g/mol. The molecule has 0 aromatic carbocycles. The Balaban J connectivity index is 1.88. The van der Waals surface area contributed by atoms with Gasteiger partial charge in [0.2, 0.25) is 5.91 Å². The predicted molar refractivity (Wildman–Crippen MR) is 61.8 cm³/mol. The van der Waals surface area contributed by atoms with Gasteiger partial charge in [-0.2, -0.15) is 13.2 Å². The molecule has 0 radical (unpaired) electrons. The van der Waals surface area contributed by atoms with Crippen LogP contribution < -0.4 is 0 Å². The maximum Gasteiger partial charge on any atom is 0.393 e. The van der Waals surface area contributed by atoms with Crippen molar-refractivity contribution in [2.45, 2.75) is 38.3 Å². The van der Waals surface area contributed by atoms with Gasteiger partial charge in [0.05, 0.1) is 5.92 Å². The summed E-state index contributed by atoms with van der Waals surface area (Å²) in [6, 6.07) is 0. The Morgan fingerprint density at radius 1 is 1.33 bits per heavy atom. The van der Waals surface area contributed by atoms with Gasteiger partial charge in [0.1, 0.15) is 0 Å². The minimum atomic E-state index is -4.17. The number of alkyl halides is 3. The third-order valence-corrected chi connectivity index (χ3v) is 3.79. The maximum atomic E-state index is 12.6. The fraction of sp³-hybridized carbons (Fsp3) is 0.769. The zero-order chi connectivity index (χ0) is 13.2. The number of hydrogen-bond acceptors (Lipinski definition) is 1. The fourth-order valence-electron chi connectivity index (χ4n) is 2.69. The van der Waals surface area contributed by atoms with E-state index >= 15 is 0 Å². The maximum absolute atomic E-state index is 12.6. The summed E-state index contributed by atoms with van der Waals surface area (Å²) in [5, 5.41) is 0. The molecule has 0 unspecified atom stereocenters. The van der Waals surface area contributed by atoms with Crippen molar-refractivity contribution < 1.29 is 18.0 Å². The average Bonchev–Trinajstić information content (AvgIpc) is 2.81. The van der Waals surface area contributed by atoms with E-state index in [0.717, 1.165) is 12.8 Å². The van der Waals surface area contributed by atoms with Gasteiger partial charge in [0.25, 0.3) is 0 Å². The first-order valence-electron chi connectivity index (χ1n) is 6.48. The highest BCUT2D eigenvalue weighted by atomic mass is 19.4. The van der Waals surface area contributed by atoms with Crippen molar-refractivity contribution in [3.05, 3.63) is 12.2 Å². The van der Waals surface area contributed by atoms with Crippen LogP contribution in [0.3, 0.4) is 0 Å². The Hall–Kier alpha value is -1.00. The molecule has 2 atom stereocenters. The monoisotopic (exact) mass is 261 g/mol. The molecule has 0 spiro atoms. The number of nitrogens with zero attached hydrogens (tertiary/aromatic N) is 1. The van der Waals surface area contributed by atoms with Crippen LogP contribution in [-0.2, 0) is 4.79 Å². The first-order chi connectivity index (χ1) is 8.47. The van der Waals surface area contributed by atoms with Crippen molar-refractivity contribution in [1.29, 1.82) is 0 Å². The third kappa shape index (κ3) is 3.27. The Bertz CT molecular complexity index is 338. The second kappa shape index (κ2) is 5.33. The predicted octanol–water partition coefficient (Wildman–Crippen LogP) is 3.14. The summed E-state index contributed by atoms with van der Waals surface area (Å²) < 4.78 is 37.9. The van der Waals surface area contributed by atoms with Crippen LogP contribution in [0.2, 0.25) is 0 Å². The van der Waals surface area contributed by atoms with Crippen LogP contribution in [0.1, 0.15) is 32.1 Å². The number of amides is 1. The van der Waals surface area contributed by atoms with Crippen LogP contribution in [-0.4, -0.2) is 30.1 Å². The zero-order valence-corrected chi connectivity index (χ0v) is 10.2. The Kier molecular flexibility index (Phi) is 3.97. The topological polar surface area (TPSA) is 20.3 Å². The Morgan fingerprint density at radius 2 is 2.11 bits per heavy atom. The summed E-state index contributed by atoms with van der Waals surface area (Å²) in [6.45, 7) is 0.320. The molecule has 18 heavy (non-hydrogen) atoms. The van der Waals surface area contributed by atoms with Crippen LogP contribution >= 0.6 is 0 Å². The number of halogens is 3. The Morgan fingerprint density at radius 3 is 2.72 bits per heavy atom. The number of allylic oxidation sites excluding steroid dienone is 2. The summed E-state index contributed by atoms with van der Waals surface area (Å²) in [5.41, 5.74) is 0. The molecule has 1 amide bonds. The highest BCUT2D eigenvalue weighted by Gasteiger charge is 2.42. The number of rotatable bonds is 2. The molecular formula is C13H18F3NO. The molecule has 2 aliphatic rings. The number of hydrogen-bond donors (Lipinski definition) is 0. The molecule has 2 rings (SSSR count). The van der Waals surface area contributed by atoms with Gasteiger partial charge in [-0.3, -0.25) is 4.79 Å². The van der Waals surface area contributed by atoms with Crippen LogP contribution in [0, 0.1) is 11.8 Å². The molecule has 102 valence electrons. The van der Waals surface area contributed by atoms with Gasteiger partial charge in [-0.1, -0.05) is 12.2 Å². The molecule has 0 bridgehead atoms. The lowest BCUT2D eigenvalue weighted by Gasteiger charge is -2.34. The fourth-order valence-corrected chi connectivity index (χ4v) is 2.69. The summed E-state index contributed by atoms with van der Waals surface area (Å²) in [4.78, 5) is 13.3. The second-order valence-electron chi connectivity index (χ2n) is 5.19. The first-order valence-corrected chi connectivity index (χ1v) is 6.48. The molecule has 0 N–H and O–H groups in total. The van der Waals surface area contributed by atoms with Gasteiger partial charge in [0, 0.05) is 19.5 Å². The van der Waals surface area contributed by atoms with Crippen LogP contribution in [0.5, 0.6) is 0 Å². The number of carbonyl (C=O) groups is 1. The van der Waals surface area contributed by atoms with Crippen molar-refractivity contribution in [3.8, 4) is 0 Å². The lowest BCUT2D eigenvalue weighted by Crippen LogP contribution is -2.44. The van der Waals surface area contributed by atoms with E-state index in [2.05, 4.69) is 0 Å². The van der Waals surface area contributed by atoms with Crippen LogP contribution in [0.4, 0.5) is 13.2 Å². The lowest BCUT2D eigenvalue weighted by atomic mass is 9.96. The van der Waals surface area contributed by atoms with Gasteiger partial charge in [-0.25, -0.2) is 0 Å². The third-order valence-electron chi connectivity index (χ3n) is 3.79. The van der Waals surface area contributed by atoms with Gasteiger partial charge >= 0.3 is 6.18 Å². The van der Waals surface area contributed by atoms with E-state index in [1.165, 1.54) is 4.90 Å². The number of carbonyl (C=O) groups excluding carboxylic acids is 1. The summed E-state index contributed by atoms with van der Waals surface area (Å²) in [6.07, 6.45) is 2.75. The highest BCUT2D eigenvalue weighted by molar-refractivity contribution is 5.76. The molecule has 1 saturated heterocycles. The quantitative estimate of drug-likeness (QED) is 0.699. The summed E-state index contributed by atoms with van der Waals surface area (Å²) in [7, 11) is 0. The Labute approximate surface area is 105 Å². The SMILES string of the molecule is O=C(C[C@H]1C=CCC1)N1CCC[C@H](C(F)(F)F)C1. The van der Waals surface area contributed by atoms with Gasteiger partial charge < -0.3 is 4.90 Å². The van der Waals surface area contributed by atoms with Crippen LogP contribution in [0.25, 0.3) is 0 Å². The van der Waals surface area contributed by atoms with E-state index < -0.39 is 12.1 Å². The number of likely N-dealkylation sites (tertiary alicyclic amines) is 1. The molecule has 2 nitrogen and oxygen atoms in total. The van der Waals surface area contributed by atoms with Crippen molar-refractivity contribution in [2.24, 2.45) is 11.8 Å². The van der Waals surface area contributed by atoms with Gasteiger partial charge in [0.15, 0.2) is 0 Å². The molecule has 0 aromatic heterocycles. The normalized spacial score (nSPS) is 28.7. The second-order valence-corrected chi connectivity index (χ2v) is 5.19. The molecular weight excluding hydrogens is 243 g/mol. The lowest BCUT2D eigenvalue weighted by molar-refractivity contribution is -0.188. The minimum absolute atomic E-state index is 0.125. The van der Waals surface area contributed by atoms with Gasteiger partial charge in [-0.05, 0) is 31.6 Å². The zero-order valence-electron chi connectivity index (χ0n) is 10.2. The van der Waals surface area contributed by atoms with Crippen molar-refractivity contribution in [3.63, 3.8) is 0 Å². The molecule has 1 aliphatic heterocycles. The van der Waals surface area contributed by atoms with E-state index in [9.17, 15) is 18.0 Å². The van der Waals surface area contributed by atoms with Crippen molar-refractivity contribution in [1.82, 2.24) is 4.90 Å². The standard InChI is InChI=1S/C13H18F3NO/c14-13(15,16)11-6-3-7-17(9-11)12(18)8-10-4-1-2-5-10/h1,4,10-11H,2-3,5-9H2/t10-,11-/m0/s1. The van der Waals surface area contributed by atoms with Crippen molar-refractivity contribution >= 4 is 5.91 Å². The highest BCUT2D eigenvalue weighted by Crippen LogP contribution is 2.33. The first kappa shape index (κ1) is 13.4. The van der Waals surface area contributed by atoms with Crippen LogP contribution in [0.15, 0.2) is 12.2 Å². The smallest absolute Gasteiger partial charge is 0.342 e. The largest absolute Gasteiger partial charge is 0.393 e. The molecule has 0 aromatic rings. The molecule has 5 heteroatoms. The summed E-state index contributed by atoms with van der Waals surface area (Å²) >= 11 is 0. The molecule has 1 heterocycles. The van der Waals surface area contributed by atoms with E-state index in [4.69, 9.17) is 0 Å². The van der Waals surface area contributed by atoms with Gasteiger partial charge in [-0.15, -0.1) is 0 Å². The number of piperidine rings is 1. The molecule has 1 aliphatic carbocycles. The van der Waals surface area contributed by atoms with E-state index in [0.29, 0.717) is 19.4 Å².